The zero-order chi connectivity index (χ0) is 8.41. The summed E-state index contributed by atoms with van der Waals surface area (Å²) < 4.78 is 28.6. The van der Waals surface area contributed by atoms with Crippen molar-refractivity contribution in [2.75, 3.05) is 5.88 Å². The molecule has 0 aliphatic carbocycles. The Labute approximate surface area is 89.8 Å². The average Bonchev–Trinajstić information content (AvgIpc) is 1.57. The predicted molar refractivity (Wildman–Crippen MR) is 46.5 cm³/mol. The van der Waals surface area contributed by atoms with E-state index in [1.54, 1.807) is 0 Å². The minimum atomic E-state index is -3.87. The quantitative estimate of drug-likeness (QED) is 0.459. The van der Waals surface area contributed by atoms with Gasteiger partial charge in [0, 0.05) is 5.54 Å². The Bertz CT molecular complexity index is 194. The minimum absolute atomic E-state index is 0. The van der Waals surface area contributed by atoms with Crippen LogP contribution >= 0.6 is 0 Å². The molecular weight excluding hydrogens is 177 g/mol. The Kier molecular flexibility index (Phi) is 6.27. The van der Waals surface area contributed by atoms with E-state index in [2.05, 4.69) is 5.32 Å². The summed E-state index contributed by atoms with van der Waals surface area (Å²) in [6.45, 7) is 5.45. The first-order valence-electron chi connectivity index (χ1n) is 2.91. The molecule has 0 bridgehead atoms. The average molecular weight is 191 g/mol. The molecule has 0 heterocycles. The molecule has 0 saturated heterocycles. The Morgan fingerprint density at radius 2 is 1.73 bits per heavy atom. The second-order valence-electron chi connectivity index (χ2n) is 3.15. The number of nitrogens with one attached hydrogen (secondary N) is 1. The van der Waals surface area contributed by atoms with Crippen LogP contribution in [0.3, 0.4) is 0 Å². The van der Waals surface area contributed by atoms with Crippen LogP contribution in [-0.4, -0.2) is 53.9 Å². The van der Waals surface area contributed by atoms with Crippen molar-refractivity contribution in [3.05, 3.63) is 0 Å². The van der Waals surface area contributed by atoms with Gasteiger partial charge in [0.2, 0.25) is 0 Å². The van der Waals surface area contributed by atoms with Crippen molar-refractivity contribution < 1.29 is 13.0 Å². The first-order valence-corrected chi connectivity index (χ1v) is 4.52. The van der Waals surface area contributed by atoms with Crippen molar-refractivity contribution in [1.29, 1.82) is 0 Å². The maximum absolute atomic E-state index is 10.2. The van der Waals surface area contributed by atoms with Gasteiger partial charge in [-0.15, -0.1) is 0 Å². The molecule has 2 N–H and O–H groups in total. The fraction of sp³-hybridized carbons (Fsp3) is 1.00. The van der Waals surface area contributed by atoms with Crippen molar-refractivity contribution in [3.63, 3.8) is 0 Å². The van der Waals surface area contributed by atoms with Gasteiger partial charge in [0.05, 0.1) is 0 Å². The summed E-state index contributed by atoms with van der Waals surface area (Å²) in [5.74, 6) is -0.392. The predicted octanol–water partition coefficient (Wildman–Crippen LogP) is -0.429. The van der Waals surface area contributed by atoms with Gasteiger partial charge in [-0.3, -0.25) is 9.87 Å². The zero-order valence-electron chi connectivity index (χ0n) is 6.38. The molecule has 64 valence electrons. The molecule has 11 heavy (non-hydrogen) atoms. The zero-order valence-corrected chi connectivity index (χ0v) is 7.20. The molecule has 0 atom stereocenters. The fourth-order valence-corrected chi connectivity index (χ4v) is 0.923. The molecule has 0 spiro atoms. The van der Waals surface area contributed by atoms with Crippen LogP contribution in [0.2, 0.25) is 0 Å². The van der Waals surface area contributed by atoms with Gasteiger partial charge < -0.3 is 0 Å². The summed E-state index contributed by atoms with van der Waals surface area (Å²) in [5, 5.41) is 2.62. The summed E-state index contributed by atoms with van der Waals surface area (Å²) in [5.41, 5.74) is -0.282. The Hall–Kier alpha value is 0.870. The van der Waals surface area contributed by atoms with Crippen molar-refractivity contribution in [1.82, 2.24) is 5.32 Å². The van der Waals surface area contributed by atoms with Gasteiger partial charge in [0.15, 0.2) is 0 Å². The van der Waals surface area contributed by atoms with Crippen molar-refractivity contribution in [2.45, 2.75) is 26.3 Å². The third-order valence-corrected chi connectivity index (χ3v) is 1.29. The van der Waals surface area contributed by atoms with Crippen LogP contribution in [0.25, 0.3) is 0 Å². The number of rotatable bonds is 2. The maximum atomic E-state index is 10.2. The molecule has 0 saturated carbocycles. The van der Waals surface area contributed by atoms with Gasteiger partial charge in [0.25, 0.3) is 10.1 Å². The van der Waals surface area contributed by atoms with E-state index in [4.69, 9.17) is 4.55 Å². The Balaban J connectivity index is 0. The third kappa shape index (κ3) is 13.8. The normalized spacial score (nSPS) is 12.4. The van der Waals surface area contributed by atoms with Gasteiger partial charge >= 0.3 is 29.6 Å². The molecule has 0 amide bonds. The van der Waals surface area contributed by atoms with Crippen LogP contribution in [0, 0.1) is 0 Å². The van der Waals surface area contributed by atoms with Crippen LogP contribution in [0.5, 0.6) is 0 Å². The molecule has 0 aliphatic heterocycles. The first kappa shape index (κ1) is 14.4. The molecule has 0 rings (SSSR count). The molecule has 0 aromatic heterocycles. The van der Waals surface area contributed by atoms with Gasteiger partial charge in [-0.1, -0.05) is 0 Å². The first-order chi connectivity index (χ1) is 4.21. The molecule has 4 nitrogen and oxygen atoms in total. The van der Waals surface area contributed by atoms with Gasteiger partial charge in [-0.05, 0) is 20.8 Å². The van der Waals surface area contributed by atoms with E-state index in [0.29, 0.717) is 0 Å². The van der Waals surface area contributed by atoms with Crippen molar-refractivity contribution in [3.8, 4) is 0 Å². The molecule has 6 heteroatoms. The molecule has 0 aliphatic rings. The summed E-state index contributed by atoms with van der Waals surface area (Å²) in [6, 6.07) is 0. The third-order valence-electron chi connectivity index (χ3n) is 0.785. The molecule has 0 unspecified atom stereocenters. The van der Waals surface area contributed by atoms with E-state index in [-0.39, 0.29) is 35.1 Å². The van der Waals surface area contributed by atoms with Crippen molar-refractivity contribution >= 4 is 39.7 Å². The van der Waals surface area contributed by atoms with E-state index in [0.717, 1.165) is 0 Å². The number of hydrogen-bond acceptors (Lipinski definition) is 3. The van der Waals surface area contributed by atoms with E-state index < -0.39 is 16.0 Å². The van der Waals surface area contributed by atoms with E-state index in [1.807, 2.05) is 20.8 Å². The van der Waals surface area contributed by atoms with Gasteiger partial charge in [0.1, 0.15) is 5.88 Å². The van der Waals surface area contributed by atoms with Crippen LogP contribution < -0.4 is 5.32 Å². The van der Waals surface area contributed by atoms with Crippen molar-refractivity contribution in [2.24, 2.45) is 0 Å². The van der Waals surface area contributed by atoms with Crippen LogP contribution in [0.15, 0.2) is 0 Å². The summed E-state index contributed by atoms with van der Waals surface area (Å²) in [4.78, 5) is 0. The van der Waals surface area contributed by atoms with Gasteiger partial charge in [-0.2, -0.15) is 8.42 Å². The number of hydrogen-bond donors (Lipinski definition) is 2. The van der Waals surface area contributed by atoms with E-state index in [1.165, 1.54) is 0 Å². The molecule has 0 aromatic carbocycles. The van der Waals surface area contributed by atoms with E-state index in [9.17, 15) is 8.42 Å². The topological polar surface area (TPSA) is 66.4 Å². The van der Waals surface area contributed by atoms with Crippen LogP contribution in [0.4, 0.5) is 0 Å². The Morgan fingerprint density at radius 1 is 1.36 bits per heavy atom. The summed E-state index contributed by atoms with van der Waals surface area (Å²) >= 11 is 0. The van der Waals surface area contributed by atoms with Gasteiger partial charge in [-0.25, -0.2) is 0 Å². The fourth-order valence-electron chi connectivity index (χ4n) is 0.308. The standard InChI is InChI=1S/C5H13NO3S.Na.H/c1-5(2,3)6-4-10(7,8)9;;/h6H,4H2,1-3H3,(H,7,8,9);;. The second kappa shape index (κ2) is 4.79. The molecule has 0 aromatic rings. The molecular formula is C5H14NNaO3S. The monoisotopic (exact) mass is 191 g/mol. The summed E-state index contributed by atoms with van der Waals surface area (Å²) in [6.07, 6.45) is 0. The van der Waals surface area contributed by atoms with Crippen LogP contribution in [0.1, 0.15) is 20.8 Å². The van der Waals surface area contributed by atoms with Crippen LogP contribution in [-0.2, 0) is 10.1 Å². The Morgan fingerprint density at radius 3 is 1.82 bits per heavy atom. The molecule has 0 radical (unpaired) electrons. The summed E-state index contributed by atoms with van der Waals surface area (Å²) in [7, 11) is -3.87. The molecule has 0 fully saturated rings. The SMILES string of the molecule is CC(C)(C)NCS(=O)(=O)O.[NaH]. The second-order valence-corrected chi connectivity index (χ2v) is 4.61. The van der Waals surface area contributed by atoms with E-state index >= 15 is 0 Å².